The lowest BCUT2D eigenvalue weighted by Gasteiger charge is -2.10. The molecule has 6 heteroatoms. The predicted octanol–water partition coefficient (Wildman–Crippen LogP) is 4.30. The maximum absolute atomic E-state index is 12.5. The average Bonchev–Trinajstić information content (AvgIpc) is 2.63. The van der Waals surface area contributed by atoms with Crippen LogP contribution in [0.15, 0.2) is 61.2 Å². The van der Waals surface area contributed by atoms with Gasteiger partial charge in [0, 0.05) is 42.0 Å². The van der Waals surface area contributed by atoms with Crippen LogP contribution in [0.1, 0.15) is 21.5 Å². The molecule has 2 N–H and O–H groups in total. The summed E-state index contributed by atoms with van der Waals surface area (Å²) >= 11 is 5.94. The number of nitrogens with one attached hydrogen (secondary N) is 2. The molecule has 2 heterocycles. The van der Waals surface area contributed by atoms with Crippen molar-refractivity contribution in [2.75, 3.05) is 10.6 Å². The van der Waals surface area contributed by atoms with Gasteiger partial charge in [-0.1, -0.05) is 17.7 Å². The minimum Gasteiger partial charge on any atom is -0.380 e. The van der Waals surface area contributed by atoms with Crippen LogP contribution in [0.3, 0.4) is 0 Å². The van der Waals surface area contributed by atoms with Crippen molar-refractivity contribution in [3.05, 3.63) is 82.9 Å². The van der Waals surface area contributed by atoms with E-state index in [1.54, 1.807) is 42.9 Å². The molecule has 0 aliphatic carbocycles. The number of amides is 1. The van der Waals surface area contributed by atoms with Crippen LogP contribution in [0.4, 0.5) is 11.4 Å². The molecule has 5 nitrogen and oxygen atoms in total. The molecule has 0 saturated carbocycles. The van der Waals surface area contributed by atoms with Gasteiger partial charge in [-0.3, -0.25) is 14.8 Å². The van der Waals surface area contributed by atoms with Gasteiger partial charge in [0.25, 0.3) is 5.91 Å². The van der Waals surface area contributed by atoms with Gasteiger partial charge >= 0.3 is 0 Å². The fraction of sp³-hybridized carbons (Fsp3) is 0.105. The van der Waals surface area contributed by atoms with Crippen LogP contribution >= 0.6 is 11.6 Å². The quantitative estimate of drug-likeness (QED) is 0.718. The molecule has 0 fully saturated rings. The lowest BCUT2D eigenvalue weighted by molar-refractivity contribution is 0.102. The zero-order valence-corrected chi connectivity index (χ0v) is 14.4. The van der Waals surface area contributed by atoms with Crippen molar-refractivity contribution in [3.8, 4) is 0 Å². The molecule has 0 aliphatic rings. The number of anilines is 2. The van der Waals surface area contributed by atoms with Gasteiger partial charge in [-0.2, -0.15) is 0 Å². The van der Waals surface area contributed by atoms with E-state index >= 15 is 0 Å². The number of pyridine rings is 2. The third-order valence-corrected chi connectivity index (χ3v) is 3.89. The van der Waals surface area contributed by atoms with E-state index in [4.69, 9.17) is 11.6 Å². The summed E-state index contributed by atoms with van der Waals surface area (Å²) in [6.45, 7) is 2.50. The first-order chi connectivity index (χ1) is 12.1. The number of hydrogen-bond acceptors (Lipinski definition) is 4. The van der Waals surface area contributed by atoms with Crippen LogP contribution in [0, 0.1) is 6.92 Å². The van der Waals surface area contributed by atoms with Crippen molar-refractivity contribution in [2.45, 2.75) is 13.5 Å². The number of carbonyl (C=O) groups excluding carboxylic acids is 1. The maximum Gasteiger partial charge on any atom is 0.257 e. The summed E-state index contributed by atoms with van der Waals surface area (Å²) in [6, 6.07) is 11.0. The van der Waals surface area contributed by atoms with Crippen molar-refractivity contribution in [1.82, 2.24) is 9.97 Å². The molecular formula is C19H17ClN4O. The Bertz CT molecular complexity index is 884. The summed E-state index contributed by atoms with van der Waals surface area (Å²) in [4.78, 5) is 20.7. The van der Waals surface area contributed by atoms with Gasteiger partial charge in [-0.05, 0) is 48.4 Å². The van der Waals surface area contributed by atoms with E-state index in [-0.39, 0.29) is 5.91 Å². The fourth-order valence-electron chi connectivity index (χ4n) is 2.33. The van der Waals surface area contributed by atoms with Gasteiger partial charge < -0.3 is 10.6 Å². The molecule has 1 aromatic carbocycles. The number of rotatable bonds is 5. The van der Waals surface area contributed by atoms with Crippen LogP contribution in [-0.2, 0) is 6.54 Å². The van der Waals surface area contributed by atoms with Gasteiger partial charge in [-0.15, -0.1) is 0 Å². The standard InChI is InChI=1S/C19H17ClN4O/c1-13-7-16(20)4-5-18(13)24-19(25)15-8-17(12-22-11-15)23-10-14-3-2-6-21-9-14/h2-9,11-12,23H,10H2,1H3,(H,24,25). The zero-order chi connectivity index (χ0) is 17.6. The predicted molar refractivity (Wildman–Crippen MR) is 99.9 cm³/mol. The number of halogens is 1. The minimum atomic E-state index is -0.219. The molecule has 0 unspecified atom stereocenters. The lowest BCUT2D eigenvalue weighted by atomic mass is 10.2. The molecule has 0 spiro atoms. The fourth-order valence-corrected chi connectivity index (χ4v) is 2.56. The van der Waals surface area contributed by atoms with E-state index in [0.29, 0.717) is 17.1 Å². The highest BCUT2D eigenvalue weighted by molar-refractivity contribution is 6.30. The molecule has 0 aliphatic heterocycles. The van der Waals surface area contributed by atoms with Gasteiger partial charge in [0.15, 0.2) is 0 Å². The topological polar surface area (TPSA) is 66.9 Å². The van der Waals surface area contributed by atoms with Gasteiger partial charge in [-0.25, -0.2) is 0 Å². The Morgan fingerprint density at radius 2 is 2.00 bits per heavy atom. The SMILES string of the molecule is Cc1cc(Cl)ccc1NC(=O)c1cncc(NCc2cccnc2)c1. The minimum absolute atomic E-state index is 0.219. The number of nitrogens with zero attached hydrogens (tertiary/aromatic N) is 2. The summed E-state index contributed by atoms with van der Waals surface area (Å²) in [6.07, 6.45) is 6.74. The number of aromatic nitrogens is 2. The summed E-state index contributed by atoms with van der Waals surface area (Å²) in [5.74, 6) is -0.219. The molecule has 0 saturated heterocycles. The van der Waals surface area contributed by atoms with Crippen LogP contribution in [-0.4, -0.2) is 15.9 Å². The Morgan fingerprint density at radius 1 is 1.12 bits per heavy atom. The van der Waals surface area contributed by atoms with Crippen LogP contribution < -0.4 is 10.6 Å². The number of hydrogen-bond donors (Lipinski definition) is 2. The maximum atomic E-state index is 12.5. The summed E-state index contributed by atoms with van der Waals surface area (Å²) in [5, 5.41) is 6.76. The van der Waals surface area contributed by atoms with Crippen LogP contribution in [0.25, 0.3) is 0 Å². The second-order valence-corrected chi connectivity index (χ2v) is 6.03. The Balaban J connectivity index is 1.69. The third-order valence-electron chi connectivity index (χ3n) is 3.66. The van der Waals surface area contributed by atoms with Crippen molar-refractivity contribution < 1.29 is 4.79 Å². The van der Waals surface area contributed by atoms with Crippen molar-refractivity contribution in [1.29, 1.82) is 0 Å². The summed E-state index contributed by atoms with van der Waals surface area (Å²) in [7, 11) is 0. The van der Waals surface area contributed by atoms with Crippen molar-refractivity contribution in [3.63, 3.8) is 0 Å². The average molecular weight is 353 g/mol. The Kier molecular flexibility index (Phi) is 5.26. The molecule has 0 radical (unpaired) electrons. The molecule has 0 atom stereocenters. The van der Waals surface area contributed by atoms with E-state index in [1.165, 1.54) is 6.20 Å². The number of aryl methyl sites for hydroxylation is 1. The second-order valence-electron chi connectivity index (χ2n) is 5.59. The zero-order valence-electron chi connectivity index (χ0n) is 13.7. The van der Waals surface area contributed by atoms with Gasteiger partial charge in [0.05, 0.1) is 11.3 Å². The molecular weight excluding hydrogens is 336 g/mol. The first-order valence-corrected chi connectivity index (χ1v) is 8.15. The van der Waals surface area contributed by atoms with Crippen molar-refractivity contribution >= 4 is 28.9 Å². The lowest BCUT2D eigenvalue weighted by Crippen LogP contribution is -2.13. The monoisotopic (exact) mass is 352 g/mol. The van der Waals surface area contributed by atoms with Crippen molar-refractivity contribution in [2.24, 2.45) is 0 Å². The highest BCUT2D eigenvalue weighted by atomic mass is 35.5. The second kappa shape index (κ2) is 7.77. The van der Waals surface area contributed by atoms with E-state index in [2.05, 4.69) is 20.6 Å². The van der Waals surface area contributed by atoms with E-state index < -0.39 is 0 Å². The third kappa shape index (κ3) is 4.55. The smallest absolute Gasteiger partial charge is 0.257 e. The normalized spacial score (nSPS) is 10.3. The molecule has 3 aromatic rings. The highest BCUT2D eigenvalue weighted by Gasteiger charge is 2.09. The first kappa shape index (κ1) is 16.9. The molecule has 25 heavy (non-hydrogen) atoms. The number of carbonyl (C=O) groups is 1. The Hall–Kier alpha value is -2.92. The molecule has 2 aromatic heterocycles. The molecule has 126 valence electrons. The van der Waals surface area contributed by atoms with E-state index in [0.717, 1.165) is 22.5 Å². The highest BCUT2D eigenvalue weighted by Crippen LogP contribution is 2.20. The van der Waals surface area contributed by atoms with Crippen LogP contribution in [0.2, 0.25) is 5.02 Å². The first-order valence-electron chi connectivity index (χ1n) is 7.77. The van der Waals surface area contributed by atoms with E-state index in [1.807, 2.05) is 19.1 Å². The molecule has 0 bridgehead atoms. The number of benzene rings is 1. The Labute approximate surface area is 151 Å². The summed E-state index contributed by atoms with van der Waals surface area (Å²) < 4.78 is 0. The molecule has 1 amide bonds. The van der Waals surface area contributed by atoms with Gasteiger partial charge in [0.1, 0.15) is 0 Å². The van der Waals surface area contributed by atoms with E-state index in [9.17, 15) is 4.79 Å². The summed E-state index contributed by atoms with van der Waals surface area (Å²) in [5.41, 5.74) is 3.92. The molecule has 3 rings (SSSR count). The van der Waals surface area contributed by atoms with Crippen LogP contribution in [0.5, 0.6) is 0 Å². The Morgan fingerprint density at radius 3 is 2.76 bits per heavy atom. The largest absolute Gasteiger partial charge is 0.380 e. The van der Waals surface area contributed by atoms with Gasteiger partial charge in [0.2, 0.25) is 0 Å².